The second kappa shape index (κ2) is 7.41. The number of rotatable bonds is 7. The van der Waals surface area contributed by atoms with Crippen molar-refractivity contribution in [2.75, 3.05) is 16.6 Å². The molecule has 2 rings (SSSR count). The number of aromatic nitrogens is 2. The normalized spacial score (nSPS) is 11.3. The van der Waals surface area contributed by atoms with Gasteiger partial charge in [-0.05, 0) is 44.0 Å². The molecule has 0 bridgehead atoms. The van der Waals surface area contributed by atoms with Crippen LogP contribution < -0.4 is 10.0 Å². The number of hydrogen-bond acceptors (Lipinski definition) is 5. The van der Waals surface area contributed by atoms with E-state index >= 15 is 0 Å². The van der Waals surface area contributed by atoms with Crippen LogP contribution in [0.4, 0.5) is 11.6 Å². The summed E-state index contributed by atoms with van der Waals surface area (Å²) in [5.41, 5.74) is 1.71. The van der Waals surface area contributed by atoms with E-state index in [1.165, 1.54) is 0 Å². The average molecular weight is 334 g/mol. The van der Waals surface area contributed by atoms with Crippen molar-refractivity contribution in [2.45, 2.75) is 38.5 Å². The maximum absolute atomic E-state index is 12.4. The Bertz CT molecular complexity index is 758. The van der Waals surface area contributed by atoms with Crippen molar-refractivity contribution in [3.63, 3.8) is 0 Å². The van der Waals surface area contributed by atoms with Crippen LogP contribution in [0.15, 0.2) is 35.2 Å². The first-order valence-electron chi connectivity index (χ1n) is 7.60. The summed E-state index contributed by atoms with van der Waals surface area (Å²) >= 11 is 0. The van der Waals surface area contributed by atoms with Gasteiger partial charge in [-0.3, -0.25) is 4.72 Å². The first kappa shape index (κ1) is 17.2. The first-order chi connectivity index (χ1) is 10.9. The standard InChI is InChI=1S/C16H22N4O2S/c1-4-5-10-17-15-8-9-16(19-18-15)20-23(21,22)14-7-6-12(2)11-13(14)3/h6-9,11H,4-5,10H2,1-3H3,(H,17,18)(H,19,20). The quantitative estimate of drug-likeness (QED) is 0.760. The fourth-order valence-corrected chi connectivity index (χ4v) is 3.39. The van der Waals surface area contributed by atoms with Crippen LogP contribution in [0, 0.1) is 13.8 Å². The maximum atomic E-state index is 12.4. The lowest BCUT2D eigenvalue weighted by molar-refractivity contribution is 0.600. The minimum atomic E-state index is -3.67. The predicted octanol–water partition coefficient (Wildman–Crippen LogP) is 3.11. The summed E-state index contributed by atoms with van der Waals surface area (Å²) in [6.45, 7) is 6.62. The van der Waals surface area contributed by atoms with Crippen molar-refractivity contribution in [2.24, 2.45) is 0 Å². The molecule has 0 saturated carbocycles. The summed E-state index contributed by atoms with van der Waals surface area (Å²) in [7, 11) is -3.67. The molecule has 0 aliphatic carbocycles. The number of benzene rings is 1. The van der Waals surface area contributed by atoms with Crippen molar-refractivity contribution in [3.8, 4) is 0 Å². The van der Waals surface area contributed by atoms with Crippen LogP contribution in [0.2, 0.25) is 0 Å². The van der Waals surface area contributed by atoms with Crippen LogP contribution in [0.25, 0.3) is 0 Å². The van der Waals surface area contributed by atoms with Crippen molar-refractivity contribution in [1.82, 2.24) is 10.2 Å². The molecule has 0 spiro atoms. The van der Waals surface area contributed by atoms with Gasteiger partial charge in [0.25, 0.3) is 10.0 Å². The molecule has 1 aromatic heterocycles. The third-order valence-corrected chi connectivity index (χ3v) is 4.87. The summed E-state index contributed by atoms with van der Waals surface area (Å²) in [6, 6.07) is 8.51. The Morgan fingerprint density at radius 3 is 2.35 bits per heavy atom. The lowest BCUT2D eigenvalue weighted by atomic mass is 10.2. The molecule has 0 fully saturated rings. The fourth-order valence-electron chi connectivity index (χ4n) is 2.17. The van der Waals surface area contributed by atoms with E-state index in [4.69, 9.17) is 0 Å². The van der Waals surface area contributed by atoms with E-state index < -0.39 is 10.0 Å². The number of nitrogens with zero attached hydrogens (tertiary/aromatic N) is 2. The minimum absolute atomic E-state index is 0.200. The lowest BCUT2D eigenvalue weighted by Gasteiger charge is -2.10. The summed E-state index contributed by atoms with van der Waals surface area (Å²) < 4.78 is 27.3. The third kappa shape index (κ3) is 4.66. The van der Waals surface area contributed by atoms with Crippen molar-refractivity contribution < 1.29 is 8.42 Å². The summed E-state index contributed by atoms with van der Waals surface area (Å²) in [5, 5.41) is 11.0. The molecule has 0 aliphatic rings. The number of hydrogen-bond donors (Lipinski definition) is 2. The Kier molecular flexibility index (Phi) is 5.54. The van der Waals surface area contributed by atoms with Gasteiger partial charge in [-0.2, -0.15) is 0 Å². The van der Waals surface area contributed by atoms with Gasteiger partial charge in [-0.15, -0.1) is 10.2 Å². The molecule has 0 aliphatic heterocycles. The maximum Gasteiger partial charge on any atom is 0.263 e. The molecule has 0 unspecified atom stereocenters. The zero-order valence-electron chi connectivity index (χ0n) is 13.6. The van der Waals surface area contributed by atoms with Crippen LogP contribution in [0.3, 0.4) is 0 Å². The molecule has 2 aromatic rings. The topological polar surface area (TPSA) is 84.0 Å². The molecule has 1 heterocycles. The Hall–Kier alpha value is -2.15. The Labute approximate surface area is 137 Å². The van der Waals surface area contributed by atoms with Crippen LogP contribution in [-0.4, -0.2) is 25.2 Å². The highest BCUT2D eigenvalue weighted by Gasteiger charge is 2.17. The van der Waals surface area contributed by atoms with E-state index in [-0.39, 0.29) is 10.7 Å². The van der Waals surface area contributed by atoms with E-state index in [9.17, 15) is 8.42 Å². The summed E-state index contributed by atoms with van der Waals surface area (Å²) in [6.07, 6.45) is 2.14. The van der Waals surface area contributed by atoms with E-state index in [0.717, 1.165) is 24.9 Å². The highest BCUT2D eigenvalue weighted by Crippen LogP contribution is 2.19. The second-order valence-electron chi connectivity index (χ2n) is 5.46. The molecule has 23 heavy (non-hydrogen) atoms. The van der Waals surface area contributed by atoms with Gasteiger partial charge in [0.1, 0.15) is 5.82 Å². The van der Waals surface area contributed by atoms with Gasteiger partial charge in [-0.25, -0.2) is 8.42 Å². The SMILES string of the molecule is CCCCNc1ccc(NS(=O)(=O)c2ccc(C)cc2C)nn1. The first-order valence-corrected chi connectivity index (χ1v) is 9.08. The molecule has 1 aromatic carbocycles. The van der Waals surface area contributed by atoms with Crippen LogP contribution in [-0.2, 0) is 10.0 Å². The van der Waals surface area contributed by atoms with Crippen LogP contribution >= 0.6 is 0 Å². The molecule has 6 nitrogen and oxygen atoms in total. The molecule has 0 amide bonds. The van der Waals surface area contributed by atoms with E-state index in [0.29, 0.717) is 11.4 Å². The number of aryl methyl sites for hydroxylation is 2. The zero-order valence-corrected chi connectivity index (χ0v) is 14.4. The van der Waals surface area contributed by atoms with Crippen molar-refractivity contribution >= 4 is 21.7 Å². The van der Waals surface area contributed by atoms with E-state index in [1.54, 1.807) is 31.2 Å². The van der Waals surface area contributed by atoms with Gasteiger partial charge >= 0.3 is 0 Å². The van der Waals surface area contributed by atoms with E-state index in [1.807, 2.05) is 13.0 Å². The largest absolute Gasteiger partial charge is 0.369 e. The van der Waals surface area contributed by atoms with Gasteiger partial charge < -0.3 is 5.32 Å². The number of nitrogens with one attached hydrogen (secondary N) is 2. The van der Waals surface area contributed by atoms with Gasteiger partial charge in [0.15, 0.2) is 5.82 Å². The Balaban J connectivity index is 2.11. The third-order valence-electron chi connectivity index (χ3n) is 3.36. The van der Waals surface area contributed by atoms with Crippen LogP contribution in [0.1, 0.15) is 30.9 Å². The van der Waals surface area contributed by atoms with Gasteiger partial charge in [0, 0.05) is 6.54 Å². The fraction of sp³-hybridized carbons (Fsp3) is 0.375. The molecule has 0 atom stereocenters. The number of sulfonamides is 1. The predicted molar refractivity (Wildman–Crippen MR) is 92.2 cm³/mol. The van der Waals surface area contributed by atoms with Crippen molar-refractivity contribution in [3.05, 3.63) is 41.5 Å². The molecular weight excluding hydrogens is 312 g/mol. The lowest BCUT2D eigenvalue weighted by Crippen LogP contribution is -2.16. The van der Waals surface area contributed by atoms with Gasteiger partial charge in [0.2, 0.25) is 0 Å². The van der Waals surface area contributed by atoms with Gasteiger partial charge in [-0.1, -0.05) is 31.0 Å². The monoisotopic (exact) mass is 334 g/mol. The van der Waals surface area contributed by atoms with Gasteiger partial charge in [0.05, 0.1) is 4.90 Å². The number of anilines is 2. The molecule has 7 heteroatoms. The Morgan fingerprint density at radius 2 is 1.74 bits per heavy atom. The highest BCUT2D eigenvalue weighted by atomic mass is 32.2. The highest BCUT2D eigenvalue weighted by molar-refractivity contribution is 7.92. The summed E-state index contributed by atoms with van der Waals surface area (Å²) in [5.74, 6) is 0.832. The Morgan fingerprint density at radius 1 is 1.04 bits per heavy atom. The van der Waals surface area contributed by atoms with Crippen molar-refractivity contribution in [1.29, 1.82) is 0 Å². The molecule has 0 radical (unpaired) electrons. The van der Waals surface area contributed by atoms with Crippen LogP contribution in [0.5, 0.6) is 0 Å². The second-order valence-corrected chi connectivity index (χ2v) is 7.11. The average Bonchev–Trinajstić information content (AvgIpc) is 2.48. The molecule has 2 N–H and O–H groups in total. The molecule has 0 saturated heterocycles. The minimum Gasteiger partial charge on any atom is -0.369 e. The smallest absolute Gasteiger partial charge is 0.263 e. The zero-order chi connectivity index (χ0) is 16.9. The molecular formula is C16H22N4O2S. The summed E-state index contributed by atoms with van der Waals surface area (Å²) in [4.78, 5) is 0.245. The molecule has 124 valence electrons. The van der Waals surface area contributed by atoms with E-state index in [2.05, 4.69) is 27.2 Å². The number of unbranched alkanes of at least 4 members (excludes halogenated alkanes) is 1.